The van der Waals surface area contributed by atoms with Gasteiger partial charge in [0.25, 0.3) is 5.91 Å². The monoisotopic (exact) mass is 390 g/mol. The quantitative estimate of drug-likeness (QED) is 0.611. The Hall–Kier alpha value is -3.74. The maximum atomic E-state index is 12.5. The van der Waals surface area contributed by atoms with Gasteiger partial charge in [0, 0.05) is 17.6 Å². The van der Waals surface area contributed by atoms with Crippen LogP contribution in [-0.4, -0.2) is 28.5 Å². The van der Waals surface area contributed by atoms with E-state index in [1.54, 1.807) is 31.2 Å². The molecule has 148 valence electrons. The van der Waals surface area contributed by atoms with Crippen LogP contribution in [0, 0.1) is 13.8 Å². The third-order valence-corrected chi connectivity index (χ3v) is 4.31. The number of amides is 1. The Bertz CT molecular complexity index is 1030. The van der Waals surface area contributed by atoms with E-state index in [-0.39, 0.29) is 11.6 Å². The van der Waals surface area contributed by atoms with Crippen LogP contribution in [0.15, 0.2) is 54.7 Å². The van der Waals surface area contributed by atoms with E-state index in [0.29, 0.717) is 23.8 Å². The number of nitrogens with one attached hydrogen (secondary N) is 2. The van der Waals surface area contributed by atoms with Gasteiger partial charge in [-0.05, 0) is 74.4 Å². The number of hydrogen-bond donors (Lipinski definition) is 2. The summed E-state index contributed by atoms with van der Waals surface area (Å²) in [7, 11) is 0. The van der Waals surface area contributed by atoms with E-state index in [0.717, 1.165) is 11.3 Å². The second-order valence-electron chi connectivity index (χ2n) is 6.44. The van der Waals surface area contributed by atoms with Gasteiger partial charge in [0.05, 0.1) is 12.2 Å². The van der Waals surface area contributed by atoms with E-state index in [4.69, 9.17) is 4.74 Å². The highest BCUT2D eigenvalue weighted by Crippen LogP contribution is 2.18. The molecule has 1 aromatic heterocycles. The summed E-state index contributed by atoms with van der Waals surface area (Å²) < 4.78 is 4.94. The number of nitrogens with zero attached hydrogens (tertiary/aromatic N) is 2. The van der Waals surface area contributed by atoms with Crippen molar-refractivity contribution in [2.45, 2.75) is 20.8 Å². The molecule has 0 fully saturated rings. The highest BCUT2D eigenvalue weighted by atomic mass is 16.5. The van der Waals surface area contributed by atoms with Crippen molar-refractivity contribution in [3.8, 4) is 0 Å². The van der Waals surface area contributed by atoms with Gasteiger partial charge in [-0.3, -0.25) is 4.79 Å². The normalized spacial score (nSPS) is 10.3. The Morgan fingerprint density at radius 2 is 1.69 bits per heavy atom. The van der Waals surface area contributed by atoms with Gasteiger partial charge in [0.1, 0.15) is 5.69 Å². The Morgan fingerprint density at radius 1 is 0.966 bits per heavy atom. The van der Waals surface area contributed by atoms with Crippen LogP contribution in [0.2, 0.25) is 0 Å². The van der Waals surface area contributed by atoms with Crippen LogP contribution in [-0.2, 0) is 4.74 Å². The molecular formula is C22H22N4O3. The first kappa shape index (κ1) is 20.0. The number of aryl methyl sites for hydroxylation is 2. The summed E-state index contributed by atoms with van der Waals surface area (Å²) >= 11 is 0. The average Bonchev–Trinajstić information content (AvgIpc) is 2.72. The van der Waals surface area contributed by atoms with Gasteiger partial charge in [0.2, 0.25) is 5.95 Å². The average molecular weight is 390 g/mol. The highest BCUT2D eigenvalue weighted by Gasteiger charge is 2.11. The first-order valence-corrected chi connectivity index (χ1v) is 9.22. The molecule has 0 unspecified atom stereocenters. The lowest BCUT2D eigenvalue weighted by Gasteiger charge is -2.09. The summed E-state index contributed by atoms with van der Waals surface area (Å²) in [6, 6.07) is 13.9. The van der Waals surface area contributed by atoms with E-state index in [9.17, 15) is 9.59 Å². The Kier molecular flexibility index (Phi) is 6.19. The van der Waals surface area contributed by atoms with Crippen molar-refractivity contribution in [2.24, 2.45) is 0 Å². The van der Waals surface area contributed by atoms with Crippen LogP contribution >= 0.6 is 0 Å². The van der Waals surface area contributed by atoms with Crippen LogP contribution in [0.25, 0.3) is 0 Å². The van der Waals surface area contributed by atoms with Gasteiger partial charge in [-0.25, -0.2) is 14.8 Å². The minimum absolute atomic E-state index is 0.223. The number of rotatable bonds is 6. The highest BCUT2D eigenvalue weighted by molar-refractivity contribution is 6.03. The molecule has 1 amide bonds. The maximum absolute atomic E-state index is 12.5. The molecule has 2 aromatic carbocycles. The number of esters is 1. The minimum Gasteiger partial charge on any atom is -0.462 e. The Balaban J connectivity index is 1.69. The van der Waals surface area contributed by atoms with E-state index >= 15 is 0 Å². The van der Waals surface area contributed by atoms with Crippen LogP contribution in [0.3, 0.4) is 0 Å². The first-order valence-electron chi connectivity index (χ1n) is 9.22. The predicted molar refractivity (Wildman–Crippen MR) is 112 cm³/mol. The van der Waals surface area contributed by atoms with E-state index in [1.165, 1.54) is 17.8 Å². The molecule has 2 N–H and O–H groups in total. The van der Waals surface area contributed by atoms with Crippen molar-refractivity contribution in [3.05, 3.63) is 77.1 Å². The molecule has 0 saturated heterocycles. The fourth-order valence-electron chi connectivity index (χ4n) is 2.59. The maximum Gasteiger partial charge on any atom is 0.338 e. The van der Waals surface area contributed by atoms with Crippen molar-refractivity contribution in [1.82, 2.24) is 9.97 Å². The largest absolute Gasteiger partial charge is 0.462 e. The zero-order valence-electron chi connectivity index (χ0n) is 16.5. The molecule has 3 aromatic rings. The summed E-state index contributed by atoms with van der Waals surface area (Å²) in [5.41, 5.74) is 4.38. The third-order valence-electron chi connectivity index (χ3n) is 4.31. The number of ether oxygens (including phenoxy) is 1. The van der Waals surface area contributed by atoms with E-state index in [2.05, 4.69) is 20.6 Å². The topological polar surface area (TPSA) is 93.2 Å². The number of carbonyl (C=O) groups excluding carboxylic acids is 2. The van der Waals surface area contributed by atoms with Crippen LogP contribution < -0.4 is 10.6 Å². The van der Waals surface area contributed by atoms with Gasteiger partial charge in [-0.2, -0.15) is 0 Å². The number of hydrogen-bond acceptors (Lipinski definition) is 6. The number of anilines is 3. The number of benzene rings is 2. The summed E-state index contributed by atoms with van der Waals surface area (Å²) in [5, 5.41) is 5.86. The molecule has 0 spiro atoms. The zero-order valence-corrected chi connectivity index (χ0v) is 16.5. The molecule has 0 aliphatic carbocycles. The minimum atomic E-state index is -0.400. The summed E-state index contributed by atoms with van der Waals surface area (Å²) in [5.74, 6) is -0.443. The molecule has 0 saturated carbocycles. The third kappa shape index (κ3) is 5.16. The molecule has 7 nitrogen and oxygen atoms in total. The number of aromatic nitrogens is 2. The molecule has 0 aliphatic rings. The molecule has 0 radical (unpaired) electrons. The summed E-state index contributed by atoms with van der Waals surface area (Å²) in [6.45, 7) is 6.12. The first-order chi connectivity index (χ1) is 14.0. The Morgan fingerprint density at radius 3 is 2.38 bits per heavy atom. The van der Waals surface area contributed by atoms with E-state index in [1.807, 2.05) is 32.0 Å². The van der Waals surface area contributed by atoms with Gasteiger partial charge >= 0.3 is 5.97 Å². The molecule has 3 rings (SSSR count). The lowest BCUT2D eigenvalue weighted by molar-refractivity contribution is 0.0526. The van der Waals surface area contributed by atoms with E-state index < -0.39 is 5.97 Å². The van der Waals surface area contributed by atoms with Gasteiger partial charge in [-0.15, -0.1) is 0 Å². The van der Waals surface area contributed by atoms with Crippen molar-refractivity contribution in [1.29, 1.82) is 0 Å². The smallest absolute Gasteiger partial charge is 0.338 e. The fraction of sp³-hybridized carbons (Fsp3) is 0.182. The molecular weight excluding hydrogens is 368 g/mol. The second-order valence-corrected chi connectivity index (χ2v) is 6.44. The molecule has 0 aliphatic heterocycles. The fourth-order valence-corrected chi connectivity index (χ4v) is 2.59. The van der Waals surface area contributed by atoms with Gasteiger partial charge in [0.15, 0.2) is 0 Å². The Labute approximate surface area is 169 Å². The summed E-state index contributed by atoms with van der Waals surface area (Å²) in [4.78, 5) is 32.7. The van der Waals surface area contributed by atoms with Crippen molar-refractivity contribution >= 4 is 29.2 Å². The van der Waals surface area contributed by atoms with Crippen molar-refractivity contribution in [3.63, 3.8) is 0 Å². The molecule has 0 bridgehead atoms. The van der Waals surface area contributed by atoms with Crippen molar-refractivity contribution < 1.29 is 14.3 Å². The summed E-state index contributed by atoms with van der Waals surface area (Å²) in [6.07, 6.45) is 1.52. The molecule has 0 atom stereocenters. The number of carbonyl (C=O) groups is 2. The molecule has 1 heterocycles. The zero-order chi connectivity index (χ0) is 20.8. The molecule has 7 heteroatoms. The second kappa shape index (κ2) is 8.97. The predicted octanol–water partition coefficient (Wildman–Crippen LogP) is 4.27. The van der Waals surface area contributed by atoms with Crippen LogP contribution in [0.4, 0.5) is 17.3 Å². The van der Waals surface area contributed by atoms with Crippen LogP contribution in [0.1, 0.15) is 38.9 Å². The SMILES string of the molecule is CCOC(=O)c1ccc(NC(=O)c2ccnc(Nc3ccc(C)c(C)c3)n2)cc1. The van der Waals surface area contributed by atoms with Crippen LogP contribution in [0.5, 0.6) is 0 Å². The molecule has 29 heavy (non-hydrogen) atoms. The standard InChI is InChI=1S/C22H22N4O3/c1-4-29-21(28)16-6-9-17(10-7-16)24-20(27)19-11-12-23-22(26-19)25-18-8-5-14(2)15(3)13-18/h5-13H,4H2,1-3H3,(H,24,27)(H,23,25,26). The van der Waals surface area contributed by atoms with Gasteiger partial charge < -0.3 is 15.4 Å². The lowest BCUT2D eigenvalue weighted by atomic mass is 10.1. The van der Waals surface area contributed by atoms with Gasteiger partial charge in [-0.1, -0.05) is 6.07 Å². The van der Waals surface area contributed by atoms with Crippen molar-refractivity contribution in [2.75, 3.05) is 17.2 Å². The lowest BCUT2D eigenvalue weighted by Crippen LogP contribution is -2.15.